The highest BCUT2D eigenvalue weighted by atomic mass is 32.2. The van der Waals surface area contributed by atoms with Crippen LogP contribution in [0.3, 0.4) is 0 Å². The molecule has 2 saturated heterocycles. The van der Waals surface area contributed by atoms with Crippen LogP contribution in [0.25, 0.3) is 0 Å². The molecule has 0 spiro atoms. The van der Waals surface area contributed by atoms with Gasteiger partial charge < -0.3 is 14.8 Å². The predicted octanol–water partition coefficient (Wildman–Crippen LogP) is 1.81. The number of carbonyl (C=O) groups excluding carboxylic acids is 2. The van der Waals surface area contributed by atoms with E-state index < -0.39 is 11.9 Å². The summed E-state index contributed by atoms with van der Waals surface area (Å²) in [6, 6.07) is 0.345. The molecular weight excluding hydrogens is 336 g/mol. The lowest BCUT2D eigenvalue weighted by molar-refractivity contribution is -0.150. The lowest BCUT2D eigenvalue weighted by Crippen LogP contribution is -2.55. The summed E-state index contributed by atoms with van der Waals surface area (Å²) in [4.78, 5) is 24.8. The van der Waals surface area contributed by atoms with E-state index in [1.54, 1.807) is 27.7 Å². The fourth-order valence-corrected chi connectivity index (χ4v) is 5.31. The molecule has 2 rings (SSSR count). The van der Waals surface area contributed by atoms with Gasteiger partial charge in [0.25, 0.3) is 0 Å². The molecule has 0 aromatic heterocycles. The summed E-state index contributed by atoms with van der Waals surface area (Å²) in [7, 11) is 0. The minimum absolute atomic E-state index is 0.00746. The van der Waals surface area contributed by atoms with E-state index >= 15 is 0 Å². The van der Waals surface area contributed by atoms with Crippen LogP contribution in [-0.2, 0) is 19.1 Å². The lowest BCUT2D eigenvalue weighted by Gasteiger charge is -2.30. The number of esters is 2. The monoisotopic (exact) mass is 360 g/mol. The minimum atomic E-state index is -0.618. The Morgan fingerprint density at radius 2 is 1.57 bits per heavy atom. The van der Waals surface area contributed by atoms with Gasteiger partial charge in [-0.05, 0) is 34.6 Å². The zero-order valence-electron chi connectivity index (χ0n) is 14.0. The second-order valence-corrected chi connectivity index (χ2v) is 8.69. The number of hydrogen-bond acceptors (Lipinski definition) is 8. The number of hydrogen-bond donors (Lipinski definition) is 2. The highest BCUT2D eigenvalue weighted by molar-refractivity contribution is 8.26. The fourth-order valence-electron chi connectivity index (χ4n) is 2.20. The van der Waals surface area contributed by atoms with Crippen molar-refractivity contribution in [2.24, 2.45) is 0 Å². The van der Waals surface area contributed by atoms with E-state index in [2.05, 4.69) is 17.6 Å². The first-order chi connectivity index (χ1) is 10.8. The number of rotatable bonds is 4. The van der Waals surface area contributed by atoms with Gasteiger partial charge in [0.2, 0.25) is 0 Å². The third kappa shape index (κ3) is 4.89. The Bertz CT molecular complexity index is 484. The molecule has 130 valence electrons. The Kier molecular flexibility index (Phi) is 6.41. The van der Waals surface area contributed by atoms with Gasteiger partial charge in [-0.25, -0.2) is 9.59 Å². The van der Waals surface area contributed by atoms with Crippen molar-refractivity contribution in [2.75, 3.05) is 6.54 Å². The number of thioether (sulfide) groups is 2. The summed E-state index contributed by atoms with van der Waals surface area (Å²) >= 11 is 2.97. The molecule has 23 heavy (non-hydrogen) atoms. The van der Waals surface area contributed by atoms with Crippen molar-refractivity contribution in [3.8, 4) is 0 Å². The second-order valence-electron chi connectivity index (χ2n) is 6.12. The van der Waals surface area contributed by atoms with E-state index in [0.717, 1.165) is 6.54 Å². The van der Waals surface area contributed by atoms with Gasteiger partial charge in [0.1, 0.15) is 0 Å². The maximum atomic E-state index is 12.4. The van der Waals surface area contributed by atoms with Crippen LogP contribution in [-0.4, -0.2) is 47.5 Å². The summed E-state index contributed by atoms with van der Waals surface area (Å²) in [6.45, 7) is 9.98. The largest absolute Gasteiger partial charge is 0.459 e. The molecule has 0 amide bonds. The topological polar surface area (TPSA) is 76.7 Å². The average molecular weight is 361 g/mol. The summed E-state index contributed by atoms with van der Waals surface area (Å²) in [5.74, 6) is -1.24. The van der Waals surface area contributed by atoms with E-state index in [9.17, 15) is 9.59 Å². The summed E-state index contributed by atoms with van der Waals surface area (Å²) in [6.07, 6.45) is -0.584. The van der Waals surface area contributed by atoms with Crippen LogP contribution in [0.1, 0.15) is 34.6 Å². The van der Waals surface area contributed by atoms with Crippen molar-refractivity contribution in [3.63, 3.8) is 0 Å². The van der Waals surface area contributed by atoms with Crippen molar-refractivity contribution in [1.82, 2.24) is 10.6 Å². The van der Waals surface area contributed by atoms with Crippen molar-refractivity contribution < 1.29 is 19.1 Å². The molecule has 0 aliphatic carbocycles. The number of piperazine rings is 1. The number of carbonyl (C=O) groups is 2. The highest BCUT2D eigenvalue weighted by Crippen LogP contribution is 2.48. The van der Waals surface area contributed by atoms with Crippen LogP contribution in [0.4, 0.5) is 0 Å². The van der Waals surface area contributed by atoms with E-state index in [4.69, 9.17) is 9.47 Å². The molecular formula is C15H24N2O4S2. The van der Waals surface area contributed by atoms with Gasteiger partial charge in [0.05, 0.1) is 27.2 Å². The van der Waals surface area contributed by atoms with Gasteiger partial charge in [-0.2, -0.15) is 0 Å². The van der Waals surface area contributed by atoms with Gasteiger partial charge in [-0.1, -0.05) is 23.5 Å². The quantitative estimate of drug-likeness (QED) is 0.340. The van der Waals surface area contributed by atoms with Gasteiger partial charge in [0, 0.05) is 12.6 Å². The SMILES string of the molecule is CC1CNC2SC(=C(C(=O)OC(C)C)C(=O)OC(C)C)SC2N1. The molecule has 0 aromatic carbocycles. The molecule has 0 bridgehead atoms. The Hall–Kier alpha value is -0.700. The first kappa shape index (κ1) is 18.6. The third-order valence-electron chi connectivity index (χ3n) is 3.11. The first-order valence-electron chi connectivity index (χ1n) is 7.77. The number of ether oxygens (including phenoxy) is 2. The Labute approximate surface area is 145 Å². The van der Waals surface area contributed by atoms with Crippen LogP contribution in [0.2, 0.25) is 0 Å². The normalized spacial score (nSPS) is 27.1. The Morgan fingerprint density at radius 3 is 2.09 bits per heavy atom. The maximum absolute atomic E-state index is 12.4. The van der Waals surface area contributed by atoms with Crippen LogP contribution in [0, 0.1) is 0 Å². The third-order valence-corrected chi connectivity index (χ3v) is 6.06. The summed E-state index contributed by atoms with van der Waals surface area (Å²) in [5, 5.41) is 7.12. The average Bonchev–Trinajstić information content (AvgIpc) is 2.79. The molecule has 2 N–H and O–H groups in total. The van der Waals surface area contributed by atoms with Gasteiger partial charge in [0.15, 0.2) is 5.57 Å². The Balaban J connectivity index is 2.25. The standard InChI is InChI=1S/C15H24N2O4S2/c1-7(2)20-13(18)10(14(19)21-8(3)4)15-22-11-12(23-15)17-9(5)6-16-11/h7-9,11-12,16-17H,6H2,1-5H3. The number of nitrogens with one attached hydrogen (secondary N) is 2. The molecule has 0 saturated carbocycles. The van der Waals surface area contributed by atoms with Crippen molar-refractivity contribution >= 4 is 35.5 Å². The van der Waals surface area contributed by atoms with Crippen LogP contribution in [0.15, 0.2) is 9.81 Å². The smallest absolute Gasteiger partial charge is 0.347 e. The van der Waals surface area contributed by atoms with E-state index in [1.807, 2.05) is 0 Å². The number of fused-ring (bicyclic) bond motifs is 1. The van der Waals surface area contributed by atoms with Crippen molar-refractivity contribution in [1.29, 1.82) is 0 Å². The molecule has 2 aliphatic rings. The second kappa shape index (κ2) is 7.92. The molecule has 2 fully saturated rings. The Morgan fingerprint density at radius 1 is 1.04 bits per heavy atom. The summed E-state index contributed by atoms with van der Waals surface area (Å²) in [5.41, 5.74) is 0.00746. The van der Waals surface area contributed by atoms with Gasteiger partial charge in [-0.15, -0.1) is 0 Å². The fraction of sp³-hybridized carbons (Fsp3) is 0.733. The molecule has 3 atom stereocenters. The van der Waals surface area contributed by atoms with E-state index in [1.165, 1.54) is 23.5 Å². The zero-order valence-corrected chi connectivity index (χ0v) is 15.7. The van der Waals surface area contributed by atoms with Crippen LogP contribution < -0.4 is 10.6 Å². The summed E-state index contributed by atoms with van der Waals surface area (Å²) < 4.78 is 11.1. The predicted molar refractivity (Wildman–Crippen MR) is 92.8 cm³/mol. The molecule has 0 radical (unpaired) electrons. The van der Waals surface area contributed by atoms with Gasteiger partial charge >= 0.3 is 11.9 Å². The van der Waals surface area contributed by atoms with E-state index in [-0.39, 0.29) is 28.5 Å². The molecule has 8 heteroatoms. The van der Waals surface area contributed by atoms with Crippen LogP contribution >= 0.6 is 23.5 Å². The van der Waals surface area contributed by atoms with Crippen molar-refractivity contribution in [3.05, 3.63) is 9.81 Å². The van der Waals surface area contributed by atoms with Gasteiger partial charge in [-0.3, -0.25) is 5.32 Å². The van der Waals surface area contributed by atoms with E-state index in [0.29, 0.717) is 10.3 Å². The minimum Gasteiger partial charge on any atom is -0.459 e. The molecule has 2 aliphatic heterocycles. The molecule has 0 aromatic rings. The lowest BCUT2D eigenvalue weighted by atomic mass is 10.3. The zero-order chi connectivity index (χ0) is 17.1. The van der Waals surface area contributed by atoms with Crippen LogP contribution in [0.5, 0.6) is 0 Å². The highest BCUT2D eigenvalue weighted by Gasteiger charge is 2.40. The molecule has 3 unspecified atom stereocenters. The van der Waals surface area contributed by atoms with Crippen molar-refractivity contribution in [2.45, 2.75) is 63.6 Å². The maximum Gasteiger partial charge on any atom is 0.347 e. The molecule has 2 heterocycles. The first-order valence-corrected chi connectivity index (χ1v) is 9.52. The molecule has 6 nitrogen and oxygen atoms in total.